The molecule has 0 saturated heterocycles. The lowest BCUT2D eigenvalue weighted by Crippen LogP contribution is -2.25. The number of carbonyl (C=O) groups is 1. The second kappa shape index (κ2) is 7.06. The Morgan fingerprint density at radius 2 is 2.05 bits per heavy atom. The fraction of sp³-hybridized carbons (Fsp3) is 0.462. The fourth-order valence-corrected chi connectivity index (χ4v) is 3.23. The number of sulfonamides is 1. The van der Waals surface area contributed by atoms with Gasteiger partial charge in [-0.1, -0.05) is 25.4 Å². The summed E-state index contributed by atoms with van der Waals surface area (Å²) in [6.07, 6.45) is 1.62. The van der Waals surface area contributed by atoms with Crippen molar-refractivity contribution in [2.24, 2.45) is 5.92 Å². The molecule has 0 radical (unpaired) electrons. The quantitative estimate of drug-likeness (QED) is 0.757. The summed E-state index contributed by atoms with van der Waals surface area (Å²) in [6.45, 7) is 4.41. The second-order valence-electron chi connectivity index (χ2n) is 4.88. The van der Waals surface area contributed by atoms with E-state index in [9.17, 15) is 13.2 Å². The zero-order chi connectivity index (χ0) is 15.3. The molecule has 1 rings (SSSR count). The van der Waals surface area contributed by atoms with Crippen molar-refractivity contribution in [3.8, 4) is 0 Å². The van der Waals surface area contributed by atoms with E-state index in [-0.39, 0.29) is 15.5 Å². The van der Waals surface area contributed by atoms with Gasteiger partial charge >= 0.3 is 5.97 Å². The highest BCUT2D eigenvalue weighted by molar-refractivity contribution is 7.89. The van der Waals surface area contributed by atoms with Crippen LogP contribution in [-0.4, -0.2) is 26.0 Å². The van der Waals surface area contributed by atoms with Gasteiger partial charge in [-0.2, -0.15) is 0 Å². The van der Waals surface area contributed by atoms with E-state index < -0.39 is 16.0 Å². The highest BCUT2D eigenvalue weighted by atomic mass is 35.5. The molecule has 112 valence electrons. The third-order valence-electron chi connectivity index (χ3n) is 2.72. The van der Waals surface area contributed by atoms with Gasteiger partial charge in [0.2, 0.25) is 10.0 Å². The van der Waals surface area contributed by atoms with Crippen LogP contribution in [0.2, 0.25) is 5.02 Å². The normalized spacial score (nSPS) is 11.8. The summed E-state index contributed by atoms with van der Waals surface area (Å²) in [7, 11) is -3.79. The molecular formula is C13H18ClNO4S. The summed E-state index contributed by atoms with van der Waals surface area (Å²) in [6, 6.07) is 3.60. The van der Waals surface area contributed by atoms with Crippen LogP contribution in [0.5, 0.6) is 0 Å². The lowest BCUT2D eigenvalue weighted by molar-refractivity contribution is 0.0696. The topological polar surface area (TPSA) is 83.5 Å². The zero-order valence-electron chi connectivity index (χ0n) is 11.4. The molecule has 1 aromatic carbocycles. The van der Waals surface area contributed by atoms with Gasteiger partial charge in [-0.3, -0.25) is 0 Å². The minimum absolute atomic E-state index is 0.00589. The van der Waals surface area contributed by atoms with E-state index in [0.29, 0.717) is 18.9 Å². The molecule has 0 fully saturated rings. The Hall–Kier alpha value is -1.11. The number of carboxylic acids is 1. The Balaban J connectivity index is 2.86. The highest BCUT2D eigenvalue weighted by Crippen LogP contribution is 2.22. The van der Waals surface area contributed by atoms with Crippen LogP contribution in [0.25, 0.3) is 0 Å². The van der Waals surface area contributed by atoms with Gasteiger partial charge in [0.25, 0.3) is 0 Å². The first-order chi connectivity index (χ1) is 9.24. The Morgan fingerprint density at radius 3 is 2.60 bits per heavy atom. The van der Waals surface area contributed by atoms with E-state index in [1.165, 1.54) is 12.1 Å². The molecule has 0 aliphatic rings. The van der Waals surface area contributed by atoms with Crippen LogP contribution >= 0.6 is 11.6 Å². The Kier molecular flexibility index (Phi) is 5.98. The van der Waals surface area contributed by atoms with Gasteiger partial charge < -0.3 is 5.11 Å². The predicted octanol–water partition coefficient (Wildman–Crippen LogP) is 2.75. The molecule has 0 bridgehead atoms. The van der Waals surface area contributed by atoms with Crippen molar-refractivity contribution in [1.29, 1.82) is 0 Å². The molecule has 0 unspecified atom stereocenters. The summed E-state index contributed by atoms with van der Waals surface area (Å²) in [5.74, 6) is -0.698. The lowest BCUT2D eigenvalue weighted by Gasteiger charge is -2.10. The number of carboxylic acid groups (broad SMARTS) is 1. The maximum atomic E-state index is 12.1. The highest BCUT2D eigenvalue weighted by Gasteiger charge is 2.19. The standard InChI is InChI=1S/C13H18ClNO4S/c1-9(2)4-3-7-15-20(18,19)12-8-10(13(16)17)5-6-11(12)14/h5-6,8-9,15H,3-4,7H2,1-2H3,(H,16,17). The third kappa shape index (κ3) is 4.77. The van der Waals surface area contributed by atoms with Gasteiger partial charge in [-0.15, -0.1) is 0 Å². The maximum absolute atomic E-state index is 12.1. The van der Waals surface area contributed by atoms with Crippen LogP contribution in [0.15, 0.2) is 23.1 Å². The van der Waals surface area contributed by atoms with Crippen molar-refractivity contribution in [2.75, 3.05) is 6.54 Å². The molecule has 0 aliphatic carbocycles. The molecule has 0 amide bonds. The van der Waals surface area contributed by atoms with E-state index in [4.69, 9.17) is 16.7 Å². The smallest absolute Gasteiger partial charge is 0.335 e. The minimum atomic E-state index is -3.79. The molecule has 1 aromatic rings. The monoisotopic (exact) mass is 319 g/mol. The number of aromatic carboxylic acids is 1. The van der Waals surface area contributed by atoms with Crippen molar-refractivity contribution in [3.63, 3.8) is 0 Å². The number of halogens is 1. The van der Waals surface area contributed by atoms with E-state index in [0.717, 1.165) is 12.5 Å². The SMILES string of the molecule is CC(C)CCCNS(=O)(=O)c1cc(C(=O)O)ccc1Cl. The summed E-state index contributed by atoms with van der Waals surface area (Å²) in [5.41, 5.74) is -0.114. The molecule has 0 spiro atoms. The van der Waals surface area contributed by atoms with Crippen LogP contribution in [-0.2, 0) is 10.0 Å². The van der Waals surface area contributed by atoms with E-state index in [1.54, 1.807) is 0 Å². The van der Waals surface area contributed by atoms with Gasteiger partial charge in [-0.05, 0) is 37.0 Å². The van der Waals surface area contributed by atoms with Crippen molar-refractivity contribution in [3.05, 3.63) is 28.8 Å². The predicted molar refractivity (Wildman–Crippen MR) is 77.7 cm³/mol. The summed E-state index contributed by atoms with van der Waals surface area (Å²) >= 11 is 5.84. The van der Waals surface area contributed by atoms with Crippen molar-refractivity contribution in [1.82, 2.24) is 4.72 Å². The third-order valence-corrected chi connectivity index (χ3v) is 4.66. The Labute approximate surface area is 124 Å². The number of rotatable bonds is 7. The number of hydrogen-bond donors (Lipinski definition) is 2. The van der Waals surface area contributed by atoms with Crippen LogP contribution in [0.1, 0.15) is 37.0 Å². The molecule has 0 aromatic heterocycles. The number of benzene rings is 1. The number of hydrogen-bond acceptors (Lipinski definition) is 3. The first kappa shape index (κ1) is 16.9. The summed E-state index contributed by atoms with van der Waals surface area (Å²) < 4.78 is 26.6. The lowest BCUT2D eigenvalue weighted by atomic mass is 10.1. The average molecular weight is 320 g/mol. The van der Waals surface area contributed by atoms with Crippen LogP contribution in [0.3, 0.4) is 0 Å². The minimum Gasteiger partial charge on any atom is -0.478 e. The molecule has 5 nitrogen and oxygen atoms in total. The Morgan fingerprint density at radius 1 is 1.40 bits per heavy atom. The van der Waals surface area contributed by atoms with Crippen molar-refractivity contribution < 1.29 is 18.3 Å². The van der Waals surface area contributed by atoms with Crippen LogP contribution < -0.4 is 4.72 Å². The van der Waals surface area contributed by atoms with Gasteiger partial charge in [0.05, 0.1) is 10.6 Å². The van der Waals surface area contributed by atoms with Gasteiger partial charge in [0.15, 0.2) is 0 Å². The van der Waals surface area contributed by atoms with Gasteiger partial charge in [0, 0.05) is 6.54 Å². The van der Waals surface area contributed by atoms with E-state index in [2.05, 4.69) is 18.6 Å². The average Bonchev–Trinajstić information content (AvgIpc) is 2.34. The molecule has 0 heterocycles. The molecule has 0 atom stereocenters. The van der Waals surface area contributed by atoms with E-state index >= 15 is 0 Å². The fourth-order valence-electron chi connectivity index (χ4n) is 1.64. The summed E-state index contributed by atoms with van der Waals surface area (Å²) in [5, 5.41) is 8.89. The molecule has 7 heteroatoms. The van der Waals surface area contributed by atoms with E-state index in [1.807, 2.05) is 0 Å². The maximum Gasteiger partial charge on any atom is 0.335 e. The summed E-state index contributed by atoms with van der Waals surface area (Å²) in [4.78, 5) is 10.7. The number of nitrogens with one attached hydrogen (secondary N) is 1. The molecule has 2 N–H and O–H groups in total. The second-order valence-corrected chi connectivity index (χ2v) is 7.03. The first-order valence-corrected chi connectivity index (χ1v) is 8.12. The zero-order valence-corrected chi connectivity index (χ0v) is 13.0. The molecule has 0 aliphatic heterocycles. The van der Waals surface area contributed by atoms with Crippen LogP contribution in [0, 0.1) is 5.92 Å². The molecule has 20 heavy (non-hydrogen) atoms. The van der Waals surface area contributed by atoms with Crippen molar-refractivity contribution in [2.45, 2.75) is 31.6 Å². The van der Waals surface area contributed by atoms with Crippen LogP contribution in [0.4, 0.5) is 0 Å². The largest absolute Gasteiger partial charge is 0.478 e. The van der Waals surface area contributed by atoms with Gasteiger partial charge in [-0.25, -0.2) is 17.9 Å². The van der Waals surface area contributed by atoms with Crippen molar-refractivity contribution >= 4 is 27.6 Å². The Bertz CT molecular complexity index is 584. The van der Waals surface area contributed by atoms with Gasteiger partial charge in [0.1, 0.15) is 4.90 Å². The molecular weight excluding hydrogens is 302 g/mol. The molecule has 0 saturated carbocycles. The first-order valence-electron chi connectivity index (χ1n) is 6.26.